The molecule has 0 radical (unpaired) electrons. The number of hydrogen-bond donors (Lipinski definition) is 1. The molecule has 0 aliphatic carbocycles. The zero-order chi connectivity index (χ0) is 14.7. The number of nitrogens with one attached hydrogen (secondary N) is 1. The van der Waals surface area contributed by atoms with E-state index in [0.29, 0.717) is 15.1 Å². The number of halogens is 3. The van der Waals surface area contributed by atoms with Crippen LogP contribution in [0.4, 0.5) is 5.69 Å². The molecular formula is C15H12Br2ClNO. The average Bonchev–Trinajstić information content (AvgIpc) is 2.42. The molecule has 20 heavy (non-hydrogen) atoms. The van der Waals surface area contributed by atoms with Gasteiger partial charge in [0, 0.05) is 15.0 Å². The highest BCUT2D eigenvalue weighted by Gasteiger charge is 2.15. The van der Waals surface area contributed by atoms with Gasteiger partial charge < -0.3 is 5.32 Å². The van der Waals surface area contributed by atoms with E-state index in [0.717, 1.165) is 11.3 Å². The normalized spacial score (nSPS) is 12.0. The molecule has 0 heterocycles. The average molecular weight is 418 g/mol. The zero-order valence-electron chi connectivity index (χ0n) is 10.7. The maximum atomic E-state index is 12.3. The van der Waals surface area contributed by atoms with Crippen molar-refractivity contribution in [3.63, 3.8) is 0 Å². The highest BCUT2D eigenvalue weighted by molar-refractivity contribution is 9.10. The molecule has 0 spiro atoms. The monoisotopic (exact) mass is 415 g/mol. The lowest BCUT2D eigenvalue weighted by molar-refractivity contribution is 0.102. The second kappa shape index (κ2) is 6.74. The Kier molecular flexibility index (Phi) is 5.24. The molecule has 2 aromatic carbocycles. The van der Waals surface area contributed by atoms with E-state index in [1.165, 1.54) is 0 Å². The Morgan fingerprint density at radius 3 is 2.60 bits per heavy atom. The van der Waals surface area contributed by atoms with Crippen LogP contribution in [0.15, 0.2) is 46.9 Å². The molecule has 1 unspecified atom stereocenters. The van der Waals surface area contributed by atoms with Crippen LogP contribution in [0.25, 0.3) is 0 Å². The van der Waals surface area contributed by atoms with Gasteiger partial charge in [-0.25, -0.2) is 0 Å². The van der Waals surface area contributed by atoms with Gasteiger partial charge in [-0.05, 0) is 46.6 Å². The van der Waals surface area contributed by atoms with Crippen LogP contribution >= 0.6 is 43.5 Å². The lowest BCUT2D eigenvalue weighted by atomic mass is 10.1. The zero-order valence-corrected chi connectivity index (χ0v) is 14.6. The van der Waals surface area contributed by atoms with Crippen LogP contribution in [0.1, 0.15) is 27.7 Å². The molecule has 104 valence electrons. The maximum absolute atomic E-state index is 12.3. The minimum absolute atomic E-state index is 0.150. The number of alkyl halides is 1. The summed E-state index contributed by atoms with van der Waals surface area (Å²) in [5.41, 5.74) is 2.24. The Balaban J connectivity index is 2.31. The first-order valence-electron chi connectivity index (χ1n) is 5.99. The second-order valence-corrected chi connectivity index (χ2v) is 6.86. The second-order valence-electron chi connectivity index (χ2n) is 4.26. The van der Waals surface area contributed by atoms with Gasteiger partial charge in [0.05, 0.1) is 10.6 Å². The molecule has 0 aliphatic rings. The molecule has 2 aromatic rings. The Labute approximate surface area is 139 Å². The molecule has 5 heteroatoms. The highest BCUT2D eigenvalue weighted by Crippen LogP contribution is 2.30. The van der Waals surface area contributed by atoms with Crippen molar-refractivity contribution < 1.29 is 4.79 Å². The van der Waals surface area contributed by atoms with Gasteiger partial charge >= 0.3 is 0 Å². The highest BCUT2D eigenvalue weighted by atomic mass is 79.9. The topological polar surface area (TPSA) is 29.1 Å². The van der Waals surface area contributed by atoms with E-state index in [9.17, 15) is 4.79 Å². The Morgan fingerprint density at radius 2 is 1.90 bits per heavy atom. The number of benzene rings is 2. The SMILES string of the molecule is CC(Br)c1ccccc1NC(=O)c1cccc(Br)c1Cl. The third kappa shape index (κ3) is 3.43. The van der Waals surface area contributed by atoms with Gasteiger partial charge in [0.1, 0.15) is 0 Å². The van der Waals surface area contributed by atoms with E-state index >= 15 is 0 Å². The van der Waals surface area contributed by atoms with Crippen molar-refractivity contribution in [3.8, 4) is 0 Å². The van der Waals surface area contributed by atoms with Crippen LogP contribution in [-0.2, 0) is 0 Å². The van der Waals surface area contributed by atoms with Crippen molar-refractivity contribution >= 4 is 55.1 Å². The number of rotatable bonds is 3. The number of para-hydroxylation sites is 1. The van der Waals surface area contributed by atoms with Crippen LogP contribution in [-0.4, -0.2) is 5.91 Å². The summed E-state index contributed by atoms with van der Waals surface area (Å²) in [6.45, 7) is 2.01. The third-order valence-corrected chi connectivity index (χ3v) is 4.62. The first-order chi connectivity index (χ1) is 9.50. The van der Waals surface area contributed by atoms with Gasteiger partial charge in [0.15, 0.2) is 0 Å². The van der Waals surface area contributed by atoms with Gasteiger partial charge in [0.2, 0.25) is 0 Å². The Hall–Kier alpha value is -0.840. The summed E-state index contributed by atoms with van der Waals surface area (Å²) in [4.78, 5) is 12.5. The van der Waals surface area contributed by atoms with E-state index in [-0.39, 0.29) is 10.7 Å². The smallest absolute Gasteiger partial charge is 0.257 e. The van der Waals surface area contributed by atoms with Crippen molar-refractivity contribution in [2.45, 2.75) is 11.8 Å². The van der Waals surface area contributed by atoms with Crippen molar-refractivity contribution in [3.05, 3.63) is 63.1 Å². The molecule has 0 saturated heterocycles. The number of amides is 1. The Bertz CT molecular complexity index is 644. The fourth-order valence-corrected chi connectivity index (χ4v) is 2.80. The van der Waals surface area contributed by atoms with Gasteiger partial charge in [-0.1, -0.05) is 51.8 Å². The van der Waals surface area contributed by atoms with Crippen LogP contribution < -0.4 is 5.32 Å². The summed E-state index contributed by atoms with van der Waals surface area (Å²) in [6, 6.07) is 12.9. The molecule has 0 aromatic heterocycles. The van der Waals surface area contributed by atoms with Crippen molar-refractivity contribution in [2.75, 3.05) is 5.32 Å². The molecule has 0 fully saturated rings. The lowest BCUT2D eigenvalue weighted by Gasteiger charge is -2.13. The maximum Gasteiger partial charge on any atom is 0.257 e. The van der Waals surface area contributed by atoms with Crippen LogP contribution in [0.3, 0.4) is 0 Å². The van der Waals surface area contributed by atoms with E-state index in [4.69, 9.17) is 11.6 Å². The molecule has 1 atom stereocenters. The summed E-state index contributed by atoms with van der Waals surface area (Å²) >= 11 is 13.0. The molecule has 0 bridgehead atoms. The van der Waals surface area contributed by atoms with Crippen LogP contribution in [0.5, 0.6) is 0 Å². The van der Waals surface area contributed by atoms with Crippen LogP contribution in [0.2, 0.25) is 5.02 Å². The number of carbonyl (C=O) groups is 1. The quantitative estimate of drug-likeness (QED) is 0.627. The fraction of sp³-hybridized carbons (Fsp3) is 0.133. The van der Waals surface area contributed by atoms with Crippen molar-refractivity contribution in [1.29, 1.82) is 0 Å². The van der Waals surface area contributed by atoms with Gasteiger partial charge in [0.25, 0.3) is 5.91 Å². The third-order valence-electron chi connectivity index (χ3n) is 2.83. The van der Waals surface area contributed by atoms with E-state index in [1.807, 2.05) is 31.2 Å². The summed E-state index contributed by atoms with van der Waals surface area (Å²) in [5.74, 6) is -0.225. The molecule has 2 nitrogen and oxygen atoms in total. The molecule has 1 amide bonds. The molecule has 0 saturated carbocycles. The summed E-state index contributed by atoms with van der Waals surface area (Å²) in [5, 5.41) is 3.31. The number of hydrogen-bond acceptors (Lipinski definition) is 1. The van der Waals surface area contributed by atoms with Gasteiger partial charge in [-0.3, -0.25) is 4.79 Å². The van der Waals surface area contributed by atoms with Crippen molar-refractivity contribution in [2.24, 2.45) is 0 Å². The summed E-state index contributed by atoms with van der Waals surface area (Å²) < 4.78 is 0.703. The first-order valence-corrected chi connectivity index (χ1v) is 8.07. The minimum Gasteiger partial charge on any atom is -0.322 e. The molecule has 0 aliphatic heterocycles. The standard InChI is InChI=1S/C15H12Br2ClNO/c1-9(16)10-5-2-3-8-13(10)19-15(20)11-6-4-7-12(17)14(11)18/h2-9H,1H3,(H,19,20). The van der Waals surface area contributed by atoms with Crippen molar-refractivity contribution in [1.82, 2.24) is 0 Å². The predicted molar refractivity (Wildman–Crippen MR) is 90.9 cm³/mol. The lowest BCUT2D eigenvalue weighted by Crippen LogP contribution is -2.14. The summed E-state index contributed by atoms with van der Waals surface area (Å²) in [7, 11) is 0. The molecule has 1 N–H and O–H groups in total. The largest absolute Gasteiger partial charge is 0.322 e. The molecular weight excluding hydrogens is 405 g/mol. The van der Waals surface area contributed by atoms with Gasteiger partial charge in [-0.2, -0.15) is 0 Å². The fourth-order valence-electron chi connectivity index (χ4n) is 1.83. The minimum atomic E-state index is -0.225. The summed E-state index contributed by atoms with van der Waals surface area (Å²) in [6.07, 6.45) is 0. The number of anilines is 1. The first kappa shape index (κ1) is 15.5. The van der Waals surface area contributed by atoms with Crippen LogP contribution in [0, 0.1) is 0 Å². The van der Waals surface area contributed by atoms with E-state index in [2.05, 4.69) is 37.2 Å². The van der Waals surface area contributed by atoms with Gasteiger partial charge in [-0.15, -0.1) is 0 Å². The predicted octanol–water partition coefficient (Wildman–Crippen LogP) is 5.81. The van der Waals surface area contributed by atoms with E-state index < -0.39 is 0 Å². The number of carbonyl (C=O) groups excluding carboxylic acids is 1. The Morgan fingerprint density at radius 1 is 1.20 bits per heavy atom. The van der Waals surface area contributed by atoms with E-state index in [1.54, 1.807) is 18.2 Å². The molecule has 2 rings (SSSR count).